The molecule has 3 rings (SSSR count). The molecule has 1 fully saturated rings. The van der Waals surface area contributed by atoms with E-state index < -0.39 is 11.6 Å². The summed E-state index contributed by atoms with van der Waals surface area (Å²) < 4.78 is 44.6. The first-order chi connectivity index (χ1) is 13.6. The Morgan fingerprint density at radius 3 is 2.46 bits per heavy atom. The molecule has 0 saturated carbocycles. The largest absolute Gasteiger partial charge is 0.494 e. The van der Waals surface area contributed by atoms with E-state index in [0.29, 0.717) is 31.6 Å². The van der Waals surface area contributed by atoms with Gasteiger partial charge in [-0.1, -0.05) is 36.4 Å². The molecule has 0 N–H and O–H groups in total. The Bertz CT molecular complexity index is 781. The van der Waals surface area contributed by atoms with Crippen molar-refractivity contribution in [2.45, 2.75) is 44.5 Å². The number of ether oxygens (including phenoxy) is 3. The minimum absolute atomic E-state index is 0.0882. The molecular formula is C23H26F2O3. The fourth-order valence-corrected chi connectivity index (χ4v) is 3.38. The SMILES string of the molecule is C=CCCc1ccc(COC2CCC(c3ccc(OC)c(F)c3F)CO2)cc1. The number of hydrogen-bond donors (Lipinski definition) is 0. The Balaban J connectivity index is 1.49. The highest BCUT2D eigenvalue weighted by Crippen LogP contribution is 2.33. The van der Waals surface area contributed by atoms with Crippen molar-refractivity contribution in [2.24, 2.45) is 0 Å². The van der Waals surface area contributed by atoms with Gasteiger partial charge in [-0.2, -0.15) is 4.39 Å². The lowest BCUT2D eigenvalue weighted by atomic mass is 9.92. The minimum atomic E-state index is -0.949. The van der Waals surface area contributed by atoms with Crippen LogP contribution in [0.4, 0.5) is 8.78 Å². The third kappa shape index (κ3) is 4.97. The molecule has 3 nitrogen and oxygen atoms in total. The van der Waals surface area contributed by atoms with Crippen molar-refractivity contribution in [1.82, 2.24) is 0 Å². The summed E-state index contributed by atoms with van der Waals surface area (Å²) in [6, 6.07) is 11.3. The van der Waals surface area contributed by atoms with Crippen LogP contribution in [-0.4, -0.2) is 20.0 Å². The molecule has 2 aromatic rings. The van der Waals surface area contributed by atoms with Crippen LogP contribution in [0.5, 0.6) is 5.75 Å². The Morgan fingerprint density at radius 2 is 1.82 bits per heavy atom. The van der Waals surface area contributed by atoms with E-state index in [2.05, 4.69) is 30.8 Å². The van der Waals surface area contributed by atoms with Crippen molar-refractivity contribution in [1.29, 1.82) is 0 Å². The van der Waals surface area contributed by atoms with Crippen LogP contribution < -0.4 is 4.74 Å². The molecule has 0 aliphatic carbocycles. The summed E-state index contributed by atoms with van der Waals surface area (Å²) in [6.07, 6.45) is 4.84. The van der Waals surface area contributed by atoms with Crippen molar-refractivity contribution >= 4 is 0 Å². The van der Waals surface area contributed by atoms with Gasteiger partial charge in [-0.25, -0.2) is 4.39 Å². The lowest BCUT2D eigenvalue weighted by molar-refractivity contribution is -0.173. The van der Waals surface area contributed by atoms with Gasteiger partial charge in [-0.05, 0) is 48.4 Å². The number of hydrogen-bond acceptors (Lipinski definition) is 3. The molecule has 5 heteroatoms. The third-order valence-electron chi connectivity index (χ3n) is 5.07. The smallest absolute Gasteiger partial charge is 0.200 e. The summed E-state index contributed by atoms with van der Waals surface area (Å²) >= 11 is 0. The van der Waals surface area contributed by atoms with Crippen LogP contribution in [0.3, 0.4) is 0 Å². The van der Waals surface area contributed by atoms with Crippen molar-refractivity contribution < 1.29 is 23.0 Å². The number of benzene rings is 2. The second kappa shape index (κ2) is 9.80. The molecule has 2 atom stereocenters. The van der Waals surface area contributed by atoms with Crippen LogP contribution in [-0.2, 0) is 22.5 Å². The molecule has 1 aliphatic heterocycles. The zero-order valence-electron chi connectivity index (χ0n) is 16.1. The van der Waals surface area contributed by atoms with E-state index in [1.165, 1.54) is 18.7 Å². The van der Waals surface area contributed by atoms with Gasteiger partial charge in [0.05, 0.1) is 20.3 Å². The van der Waals surface area contributed by atoms with Crippen molar-refractivity contribution in [2.75, 3.05) is 13.7 Å². The van der Waals surface area contributed by atoms with Gasteiger partial charge in [-0.15, -0.1) is 6.58 Å². The van der Waals surface area contributed by atoms with Crippen molar-refractivity contribution in [3.8, 4) is 5.75 Å². The van der Waals surface area contributed by atoms with Gasteiger partial charge in [0, 0.05) is 5.92 Å². The summed E-state index contributed by atoms with van der Waals surface area (Å²) in [4.78, 5) is 0. The molecule has 1 saturated heterocycles. The fraction of sp³-hybridized carbons (Fsp3) is 0.391. The van der Waals surface area contributed by atoms with Gasteiger partial charge >= 0.3 is 0 Å². The average Bonchev–Trinajstić information content (AvgIpc) is 2.74. The van der Waals surface area contributed by atoms with Crippen LogP contribution in [0.15, 0.2) is 49.1 Å². The lowest BCUT2D eigenvalue weighted by Gasteiger charge is -2.29. The van der Waals surface area contributed by atoms with E-state index in [4.69, 9.17) is 14.2 Å². The number of methoxy groups -OCH3 is 1. The Hall–Kier alpha value is -2.24. The molecule has 1 aliphatic rings. The van der Waals surface area contributed by atoms with Gasteiger partial charge in [0.2, 0.25) is 5.82 Å². The van der Waals surface area contributed by atoms with Crippen LogP contribution in [0.1, 0.15) is 41.9 Å². The highest BCUT2D eigenvalue weighted by molar-refractivity contribution is 5.33. The highest BCUT2D eigenvalue weighted by atomic mass is 19.2. The second-order valence-corrected chi connectivity index (χ2v) is 6.98. The van der Waals surface area contributed by atoms with Crippen molar-refractivity contribution in [3.05, 3.63) is 77.4 Å². The summed E-state index contributed by atoms with van der Waals surface area (Å²) in [5.41, 5.74) is 2.68. The second-order valence-electron chi connectivity index (χ2n) is 6.98. The van der Waals surface area contributed by atoms with Crippen LogP contribution in [0.25, 0.3) is 0 Å². The summed E-state index contributed by atoms with van der Waals surface area (Å²) in [5, 5.41) is 0. The molecular weight excluding hydrogens is 362 g/mol. The van der Waals surface area contributed by atoms with Gasteiger partial charge in [0.15, 0.2) is 17.9 Å². The van der Waals surface area contributed by atoms with Crippen molar-refractivity contribution in [3.63, 3.8) is 0 Å². The standard InChI is InChI=1S/C23H26F2O3/c1-3-4-5-16-6-8-17(9-7-16)14-27-21-13-10-18(15-28-21)19-11-12-20(26-2)23(25)22(19)24/h3,6-9,11-12,18,21H,1,4-5,10,13-15H2,2H3. The molecule has 0 amide bonds. The molecule has 2 aromatic carbocycles. The lowest BCUT2D eigenvalue weighted by Crippen LogP contribution is -2.27. The summed E-state index contributed by atoms with van der Waals surface area (Å²) in [6.45, 7) is 4.50. The zero-order chi connectivity index (χ0) is 19.9. The molecule has 0 aromatic heterocycles. The first kappa shape index (κ1) is 20.5. The van der Waals surface area contributed by atoms with Gasteiger partial charge < -0.3 is 14.2 Å². The van der Waals surface area contributed by atoms with Crippen LogP contribution in [0, 0.1) is 11.6 Å². The topological polar surface area (TPSA) is 27.7 Å². The van der Waals surface area contributed by atoms with E-state index in [9.17, 15) is 8.78 Å². The number of allylic oxidation sites excluding steroid dienone is 1. The van der Waals surface area contributed by atoms with Crippen LogP contribution in [0.2, 0.25) is 0 Å². The molecule has 150 valence electrons. The number of rotatable bonds is 8. The first-order valence-electron chi connectivity index (χ1n) is 9.56. The van der Waals surface area contributed by atoms with E-state index in [1.54, 1.807) is 6.07 Å². The fourth-order valence-electron chi connectivity index (χ4n) is 3.38. The van der Waals surface area contributed by atoms with Gasteiger partial charge in [-0.3, -0.25) is 0 Å². The van der Waals surface area contributed by atoms with Gasteiger partial charge in [0.1, 0.15) is 0 Å². The van der Waals surface area contributed by atoms with E-state index in [0.717, 1.165) is 18.4 Å². The molecule has 0 radical (unpaired) electrons. The maximum absolute atomic E-state index is 14.3. The molecule has 28 heavy (non-hydrogen) atoms. The summed E-state index contributed by atoms with van der Waals surface area (Å²) in [5.74, 6) is -2.09. The maximum Gasteiger partial charge on any atom is 0.200 e. The molecule has 1 heterocycles. The maximum atomic E-state index is 14.3. The Morgan fingerprint density at radius 1 is 1.07 bits per heavy atom. The number of halogens is 2. The third-order valence-corrected chi connectivity index (χ3v) is 5.07. The first-order valence-corrected chi connectivity index (χ1v) is 9.56. The minimum Gasteiger partial charge on any atom is -0.494 e. The summed E-state index contributed by atoms with van der Waals surface area (Å²) in [7, 11) is 1.32. The van der Waals surface area contributed by atoms with Crippen LogP contribution >= 0.6 is 0 Å². The molecule has 2 unspecified atom stereocenters. The van der Waals surface area contributed by atoms with E-state index in [-0.39, 0.29) is 18.0 Å². The predicted octanol–water partition coefficient (Wildman–Crippen LogP) is 5.53. The van der Waals surface area contributed by atoms with E-state index >= 15 is 0 Å². The van der Waals surface area contributed by atoms with E-state index in [1.807, 2.05) is 6.08 Å². The molecule has 0 bridgehead atoms. The number of aryl methyl sites for hydroxylation is 1. The monoisotopic (exact) mass is 388 g/mol. The van der Waals surface area contributed by atoms with Gasteiger partial charge in [0.25, 0.3) is 0 Å². The quantitative estimate of drug-likeness (QED) is 0.557. The normalized spacial score (nSPS) is 19.4. The average molecular weight is 388 g/mol. The Kier molecular flexibility index (Phi) is 7.18. The highest BCUT2D eigenvalue weighted by Gasteiger charge is 2.27. The molecule has 0 spiro atoms. The zero-order valence-corrected chi connectivity index (χ0v) is 16.1. The Labute approximate surface area is 164 Å². The predicted molar refractivity (Wildman–Crippen MR) is 104 cm³/mol.